The lowest BCUT2D eigenvalue weighted by molar-refractivity contribution is -0.124. The smallest absolute Gasteiger partial charge is 0.220 e. The number of aliphatic hydroxyl groups is 3. The van der Waals surface area contributed by atoms with E-state index in [1.54, 1.807) is 0 Å². The van der Waals surface area contributed by atoms with Crippen LogP contribution in [0.25, 0.3) is 0 Å². The first-order valence-corrected chi connectivity index (χ1v) is 27.0. The van der Waals surface area contributed by atoms with Crippen LogP contribution in [0.1, 0.15) is 303 Å². The first-order valence-electron chi connectivity index (χ1n) is 27.0. The minimum absolute atomic E-state index is 0.148. The van der Waals surface area contributed by atoms with Crippen molar-refractivity contribution in [2.45, 2.75) is 321 Å². The second kappa shape index (κ2) is 49.7. The van der Waals surface area contributed by atoms with Gasteiger partial charge in [-0.3, -0.25) is 4.79 Å². The van der Waals surface area contributed by atoms with Crippen molar-refractivity contribution in [3.05, 3.63) is 12.2 Å². The molecule has 3 unspecified atom stereocenters. The molecule has 0 aromatic carbocycles. The third-order valence-electron chi connectivity index (χ3n) is 12.9. The molecule has 0 heterocycles. The van der Waals surface area contributed by atoms with E-state index in [2.05, 4.69) is 31.3 Å². The summed E-state index contributed by atoms with van der Waals surface area (Å²) < 4.78 is 0. The zero-order chi connectivity index (χ0) is 43.0. The van der Waals surface area contributed by atoms with E-state index in [-0.39, 0.29) is 12.5 Å². The predicted octanol–water partition coefficient (Wildman–Crippen LogP) is 16.3. The van der Waals surface area contributed by atoms with Crippen LogP contribution in [0.4, 0.5) is 0 Å². The Hall–Kier alpha value is -0.910. The Morgan fingerprint density at radius 1 is 0.407 bits per heavy atom. The molecular weight excluding hydrogens is 727 g/mol. The van der Waals surface area contributed by atoms with Crippen molar-refractivity contribution in [3.8, 4) is 0 Å². The zero-order valence-electron chi connectivity index (χ0n) is 40.2. The molecule has 1 amide bonds. The van der Waals surface area contributed by atoms with Crippen LogP contribution < -0.4 is 5.32 Å². The molecule has 0 fully saturated rings. The summed E-state index contributed by atoms with van der Waals surface area (Å²) >= 11 is 0. The van der Waals surface area contributed by atoms with Gasteiger partial charge in [-0.25, -0.2) is 0 Å². The van der Waals surface area contributed by atoms with Gasteiger partial charge in [0.25, 0.3) is 0 Å². The Morgan fingerprint density at radius 2 is 0.678 bits per heavy atom. The Kier molecular flexibility index (Phi) is 49.0. The van der Waals surface area contributed by atoms with Crippen LogP contribution in [-0.2, 0) is 4.79 Å². The standard InChI is InChI=1S/C54H107NO4/c1-3-5-7-9-11-13-15-17-19-20-21-22-23-24-25-26-27-28-29-30-31-32-33-34-35-37-39-41-43-45-47-49-53(58)55-51(50-56)54(59)52(57)48-46-44-42-40-38-36-18-16-14-12-10-8-6-4-2/h40,42,51-52,54,56-57,59H,3-39,41,43-50H2,1-2H3,(H,55,58)/b42-40+. The lowest BCUT2D eigenvalue weighted by atomic mass is 10.0. The Bertz CT molecular complexity index is 833. The molecule has 0 spiro atoms. The number of amides is 1. The molecule has 0 aliphatic heterocycles. The molecule has 5 heteroatoms. The molecule has 4 N–H and O–H groups in total. The van der Waals surface area contributed by atoms with Crippen LogP contribution in [0.15, 0.2) is 12.2 Å². The average molecular weight is 834 g/mol. The van der Waals surface area contributed by atoms with Crippen LogP contribution in [0, 0.1) is 0 Å². The summed E-state index contributed by atoms with van der Waals surface area (Å²) in [4.78, 5) is 12.5. The second-order valence-corrected chi connectivity index (χ2v) is 18.8. The summed E-state index contributed by atoms with van der Waals surface area (Å²) in [6.07, 6.45) is 60.9. The quantitative estimate of drug-likeness (QED) is 0.0363. The Labute approximate surface area is 369 Å². The maximum atomic E-state index is 12.5. The normalized spacial score (nSPS) is 13.4. The third-order valence-corrected chi connectivity index (χ3v) is 12.9. The fraction of sp³-hybridized carbons (Fsp3) is 0.944. The van der Waals surface area contributed by atoms with E-state index in [0.717, 1.165) is 38.5 Å². The van der Waals surface area contributed by atoms with Gasteiger partial charge in [0.2, 0.25) is 5.91 Å². The summed E-state index contributed by atoms with van der Waals surface area (Å²) in [5.74, 6) is -0.148. The molecule has 0 rings (SSSR count). The molecule has 0 bridgehead atoms. The maximum Gasteiger partial charge on any atom is 0.220 e. The maximum absolute atomic E-state index is 12.5. The number of hydrogen-bond donors (Lipinski definition) is 4. The molecule has 59 heavy (non-hydrogen) atoms. The molecule has 5 nitrogen and oxygen atoms in total. The fourth-order valence-electron chi connectivity index (χ4n) is 8.70. The topological polar surface area (TPSA) is 89.8 Å². The van der Waals surface area contributed by atoms with Crippen molar-refractivity contribution >= 4 is 5.91 Å². The summed E-state index contributed by atoms with van der Waals surface area (Å²) in [7, 11) is 0. The largest absolute Gasteiger partial charge is 0.394 e. The van der Waals surface area contributed by atoms with Gasteiger partial charge < -0.3 is 20.6 Å². The van der Waals surface area contributed by atoms with E-state index >= 15 is 0 Å². The van der Waals surface area contributed by atoms with Gasteiger partial charge >= 0.3 is 0 Å². The third kappa shape index (κ3) is 44.9. The van der Waals surface area contributed by atoms with Gasteiger partial charge in [-0.2, -0.15) is 0 Å². The number of hydrogen-bond acceptors (Lipinski definition) is 4. The van der Waals surface area contributed by atoms with E-state index in [9.17, 15) is 20.1 Å². The van der Waals surface area contributed by atoms with Crippen molar-refractivity contribution in [1.82, 2.24) is 5.32 Å². The lowest BCUT2D eigenvalue weighted by Crippen LogP contribution is -2.50. The molecule has 0 aliphatic carbocycles. The highest BCUT2D eigenvalue weighted by Crippen LogP contribution is 2.18. The number of carbonyl (C=O) groups is 1. The van der Waals surface area contributed by atoms with Crippen molar-refractivity contribution in [2.75, 3.05) is 6.61 Å². The van der Waals surface area contributed by atoms with Crippen molar-refractivity contribution < 1.29 is 20.1 Å². The molecule has 0 radical (unpaired) electrons. The van der Waals surface area contributed by atoms with Crippen LogP contribution >= 0.6 is 0 Å². The lowest BCUT2D eigenvalue weighted by Gasteiger charge is -2.26. The minimum Gasteiger partial charge on any atom is -0.394 e. The van der Waals surface area contributed by atoms with Crippen LogP contribution in [0.3, 0.4) is 0 Å². The van der Waals surface area contributed by atoms with Crippen molar-refractivity contribution in [3.63, 3.8) is 0 Å². The number of allylic oxidation sites excluding steroid dienone is 2. The Balaban J connectivity index is 3.47. The van der Waals surface area contributed by atoms with Gasteiger partial charge in [0, 0.05) is 6.42 Å². The van der Waals surface area contributed by atoms with Crippen molar-refractivity contribution in [2.24, 2.45) is 0 Å². The summed E-state index contributed by atoms with van der Waals surface area (Å²) in [5, 5.41) is 33.6. The summed E-state index contributed by atoms with van der Waals surface area (Å²) in [6, 6.07) is -0.821. The van der Waals surface area contributed by atoms with Crippen LogP contribution in [-0.4, -0.2) is 46.1 Å². The zero-order valence-corrected chi connectivity index (χ0v) is 40.2. The SMILES string of the molecule is CCCCCCCCCCC/C=C/CCCC(O)C(O)C(CO)NC(=O)CCCCCCCCCCCCCCCCCCCCCCCCCCCCCCCCC. The molecule has 0 aromatic rings. The molecule has 0 aromatic heterocycles. The molecule has 3 atom stereocenters. The summed E-state index contributed by atoms with van der Waals surface area (Å²) in [6.45, 7) is 4.19. The number of nitrogens with one attached hydrogen (secondary N) is 1. The highest BCUT2D eigenvalue weighted by Gasteiger charge is 2.26. The van der Waals surface area contributed by atoms with E-state index in [1.807, 2.05) is 0 Å². The first kappa shape index (κ1) is 58.1. The molecular formula is C54H107NO4. The molecule has 0 saturated carbocycles. The van der Waals surface area contributed by atoms with E-state index < -0.39 is 18.2 Å². The van der Waals surface area contributed by atoms with E-state index in [4.69, 9.17) is 0 Å². The average Bonchev–Trinajstić information content (AvgIpc) is 3.24. The predicted molar refractivity (Wildman–Crippen MR) is 259 cm³/mol. The highest BCUT2D eigenvalue weighted by molar-refractivity contribution is 5.76. The number of aliphatic hydroxyl groups excluding tert-OH is 3. The van der Waals surface area contributed by atoms with E-state index in [1.165, 1.54) is 238 Å². The molecule has 352 valence electrons. The molecule has 0 saturated heterocycles. The second-order valence-electron chi connectivity index (χ2n) is 18.8. The Morgan fingerprint density at radius 3 is 0.983 bits per heavy atom. The van der Waals surface area contributed by atoms with Gasteiger partial charge in [-0.15, -0.1) is 0 Å². The van der Waals surface area contributed by atoms with Crippen LogP contribution in [0.5, 0.6) is 0 Å². The monoisotopic (exact) mass is 834 g/mol. The molecule has 0 aliphatic rings. The van der Waals surface area contributed by atoms with Gasteiger partial charge in [-0.1, -0.05) is 270 Å². The van der Waals surface area contributed by atoms with Gasteiger partial charge in [0.1, 0.15) is 6.10 Å². The van der Waals surface area contributed by atoms with Gasteiger partial charge in [-0.05, 0) is 38.5 Å². The minimum atomic E-state index is -1.15. The first-order chi connectivity index (χ1) is 29.1. The van der Waals surface area contributed by atoms with Crippen molar-refractivity contribution in [1.29, 1.82) is 0 Å². The van der Waals surface area contributed by atoms with Crippen LogP contribution in [0.2, 0.25) is 0 Å². The summed E-state index contributed by atoms with van der Waals surface area (Å²) in [5.41, 5.74) is 0. The van der Waals surface area contributed by atoms with Gasteiger partial charge in [0.15, 0.2) is 0 Å². The number of rotatable bonds is 50. The fourth-order valence-corrected chi connectivity index (χ4v) is 8.70. The number of carbonyl (C=O) groups excluding carboxylic acids is 1. The van der Waals surface area contributed by atoms with Gasteiger partial charge in [0.05, 0.1) is 18.8 Å². The number of unbranched alkanes of at least 4 members (excludes halogenated alkanes) is 40. The van der Waals surface area contributed by atoms with E-state index in [0.29, 0.717) is 12.8 Å². The highest BCUT2D eigenvalue weighted by atomic mass is 16.3.